The molecule has 2 amide bonds. The van der Waals surface area contributed by atoms with Crippen molar-refractivity contribution in [3.05, 3.63) is 0 Å². The fourth-order valence-electron chi connectivity index (χ4n) is 5.30. The summed E-state index contributed by atoms with van der Waals surface area (Å²) in [5.74, 6) is 0. The molecule has 0 aliphatic rings. The van der Waals surface area contributed by atoms with Gasteiger partial charge in [-0.05, 0) is 25.7 Å². The largest absolute Gasteiger partial charge is 0.450 e. The summed E-state index contributed by atoms with van der Waals surface area (Å²) in [6.07, 6.45) is 34.6. The number of carbonyl (C=O) groups excluding carboxylic acids is 2. The maximum absolute atomic E-state index is 11.8. The molecule has 0 fully saturated rings. The van der Waals surface area contributed by atoms with Crippen molar-refractivity contribution in [3.8, 4) is 0 Å². The lowest BCUT2D eigenvalue weighted by atomic mass is 10.1. The van der Waals surface area contributed by atoms with Crippen molar-refractivity contribution in [2.75, 3.05) is 26.3 Å². The first-order valence-electron chi connectivity index (χ1n) is 18.5. The van der Waals surface area contributed by atoms with Crippen molar-refractivity contribution < 1.29 is 19.1 Å². The lowest BCUT2D eigenvalue weighted by Crippen LogP contribution is -2.26. The fourth-order valence-corrected chi connectivity index (χ4v) is 5.30. The summed E-state index contributed by atoms with van der Waals surface area (Å²) >= 11 is 0. The molecular weight excluding hydrogens is 524 g/mol. The number of alkyl carbamates (subject to hydrolysis) is 2. The zero-order valence-corrected chi connectivity index (χ0v) is 28.3. The lowest BCUT2D eigenvalue weighted by molar-refractivity contribution is 0.142. The molecule has 0 heterocycles. The highest BCUT2D eigenvalue weighted by molar-refractivity contribution is 5.67. The topological polar surface area (TPSA) is 76.7 Å². The second-order valence-corrected chi connectivity index (χ2v) is 12.3. The fraction of sp³-hybridized carbons (Fsp3) is 0.944. The molecule has 0 aliphatic carbocycles. The third-order valence-electron chi connectivity index (χ3n) is 8.10. The standard InChI is InChI=1S/C36H72N2O4/c1-3-5-7-9-11-13-15-17-19-21-25-29-33-41-35(39)37-31-27-23-24-28-32-38-36(40)42-34-30-26-22-20-18-16-14-12-10-8-6-4-2/h3-34H2,1-2H3,(H,37,39)(H,38,40). The van der Waals surface area contributed by atoms with E-state index >= 15 is 0 Å². The highest BCUT2D eigenvalue weighted by Gasteiger charge is 2.03. The van der Waals surface area contributed by atoms with Crippen LogP contribution in [0.25, 0.3) is 0 Å². The van der Waals surface area contributed by atoms with E-state index < -0.39 is 0 Å². The molecule has 0 radical (unpaired) electrons. The minimum absolute atomic E-state index is 0.296. The van der Waals surface area contributed by atoms with Gasteiger partial charge in [0.25, 0.3) is 0 Å². The van der Waals surface area contributed by atoms with Crippen LogP contribution in [0.5, 0.6) is 0 Å². The van der Waals surface area contributed by atoms with E-state index in [0.29, 0.717) is 26.3 Å². The van der Waals surface area contributed by atoms with E-state index in [4.69, 9.17) is 9.47 Å². The number of amides is 2. The van der Waals surface area contributed by atoms with Gasteiger partial charge in [-0.15, -0.1) is 0 Å². The quantitative estimate of drug-likeness (QED) is 0.0739. The van der Waals surface area contributed by atoms with Crippen LogP contribution < -0.4 is 10.6 Å². The van der Waals surface area contributed by atoms with E-state index in [1.54, 1.807) is 0 Å². The molecule has 2 N–H and O–H groups in total. The van der Waals surface area contributed by atoms with Crippen LogP contribution in [0.1, 0.15) is 194 Å². The van der Waals surface area contributed by atoms with E-state index in [0.717, 1.165) is 51.4 Å². The van der Waals surface area contributed by atoms with Crippen LogP contribution >= 0.6 is 0 Å². The molecule has 0 atom stereocenters. The molecule has 0 saturated heterocycles. The van der Waals surface area contributed by atoms with Crippen LogP contribution in [-0.4, -0.2) is 38.5 Å². The lowest BCUT2D eigenvalue weighted by Gasteiger charge is -2.08. The summed E-state index contributed by atoms with van der Waals surface area (Å²) in [6.45, 7) is 6.86. The molecule has 0 aromatic rings. The number of ether oxygens (including phenoxy) is 2. The Hall–Kier alpha value is -1.46. The number of rotatable bonds is 33. The highest BCUT2D eigenvalue weighted by atomic mass is 16.6. The zero-order valence-electron chi connectivity index (χ0n) is 28.3. The Morgan fingerprint density at radius 1 is 0.357 bits per heavy atom. The molecule has 250 valence electrons. The number of hydrogen-bond acceptors (Lipinski definition) is 4. The van der Waals surface area contributed by atoms with Gasteiger partial charge in [0.1, 0.15) is 0 Å². The summed E-state index contributed by atoms with van der Waals surface area (Å²) in [6, 6.07) is 0. The molecule has 0 bridgehead atoms. The number of nitrogens with one attached hydrogen (secondary N) is 2. The Kier molecular flexibility index (Phi) is 34.5. The average Bonchev–Trinajstić information content (AvgIpc) is 2.99. The second kappa shape index (κ2) is 35.7. The van der Waals surface area contributed by atoms with Crippen molar-refractivity contribution in [2.24, 2.45) is 0 Å². The molecule has 0 aliphatic heterocycles. The van der Waals surface area contributed by atoms with Gasteiger partial charge < -0.3 is 20.1 Å². The molecule has 0 aromatic heterocycles. The highest BCUT2D eigenvalue weighted by Crippen LogP contribution is 2.13. The van der Waals surface area contributed by atoms with E-state index in [9.17, 15) is 9.59 Å². The van der Waals surface area contributed by atoms with Crippen molar-refractivity contribution in [1.29, 1.82) is 0 Å². The van der Waals surface area contributed by atoms with Crippen LogP contribution in [0.15, 0.2) is 0 Å². The van der Waals surface area contributed by atoms with Crippen LogP contribution in [0.4, 0.5) is 9.59 Å². The van der Waals surface area contributed by atoms with Crippen LogP contribution in [0.3, 0.4) is 0 Å². The Morgan fingerprint density at radius 2 is 0.595 bits per heavy atom. The first kappa shape index (κ1) is 40.5. The van der Waals surface area contributed by atoms with Gasteiger partial charge in [-0.3, -0.25) is 0 Å². The molecule has 0 aromatic carbocycles. The second-order valence-electron chi connectivity index (χ2n) is 12.3. The van der Waals surface area contributed by atoms with Crippen LogP contribution in [0.2, 0.25) is 0 Å². The molecule has 6 nitrogen and oxygen atoms in total. The molecule has 0 rings (SSSR count). The van der Waals surface area contributed by atoms with Crippen molar-refractivity contribution in [2.45, 2.75) is 194 Å². The minimum atomic E-state index is -0.296. The SMILES string of the molecule is CCCCCCCCCCCCCCOC(=O)NCCCCCCNC(=O)OCCCCCCCCCCCCCC. The van der Waals surface area contributed by atoms with Gasteiger partial charge in [0.15, 0.2) is 0 Å². The summed E-state index contributed by atoms with van der Waals surface area (Å²) in [5, 5.41) is 5.69. The predicted octanol–water partition coefficient (Wildman–Crippen LogP) is 11.4. The maximum Gasteiger partial charge on any atom is 0.407 e. The van der Waals surface area contributed by atoms with E-state index in [1.165, 1.54) is 128 Å². The molecule has 0 saturated carbocycles. The van der Waals surface area contributed by atoms with Gasteiger partial charge >= 0.3 is 12.2 Å². The summed E-state index contributed by atoms with van der Waals surface area (Å²) in [7, 11) is 0. The smallest absolute Gasteiger partial charge is 0.407 e. The third-order valence-corrected chi connectivity index (χ3v) is 8.10. The Balaban J connectivity index is 3.24. The number of carbonyl (C=O) groups is 2. The number of unbranched alkanes of at least 4 members (excludes halogenated alkanes) is 25. The normalized spacial score (nSPS) is 11.0. The maximum atomic E-state index is 11.8. The van der Waals surface area contributed by atoms with Gasteiger partial charge in [-0.25, -0.2) is 9.59 Å². The monoisotopic (exact) mass is 597 g/mol. The van der Waals surface area contributed by atoms with Gasteiger partial charge in [0.05, 0.1) is 13.2 Å². The first-order chi connectivity index (χ1) is 20.7. The van der Waals surface area contributed by atoms with Crippen molar-refractivity contribution in [1.82, 2.24) is 10.6 Å². The summed E-state index contributed by atoms with van der Waals surface area (Å²) in [5.41, 5.74) is 0. The van der Waals surface area contributed by atoms with Gasteiger partial charge in [-0.1, -0.05) is 168 Å². The first-order valence-corrected chi connectivity index (χ1v) is 18.5. The van der Waals surface area contributed by atoms with Gasteiger partial charge in [-0.2, -0.15) is 0 Å². The van der Waals surface area contributed by atoms with E-state index in [1.807, 2.05) is 0 Å². The molecule has 6 heteroatoms. The van der Waals surface area contributed by atoms with Crippen molar-refractivity contribution in [3.63, 3.8) is 0 Å². The van der Waals surface area contributed by atoms with Gasteiger partial charge in [0, 0.05) is 13.1 Å². The Bertz CT molecular complexity index is 511. The van der Waals surface area contributed by atoms with Crippen molar-refractivity contribution >= 4 is 12.2 Å². The molecule has 0 spiro atoms. The van der Waals surface area contributed by atoms with E-state index in [2.05, 4.69) is 24.5 Å². The minimum Gasteiger partial charge on any atom is -0.450 e. The number of hydrogen-bond donors (Lipinski definition) is 2. The average molecular weight is 597 g/mol. The third kappa shape index (κ3) is 34.7. The molecular formula is C36H72N2O4. The predicted molar refractivity (Wildman–Crippen MR) is 179 cm³/mol. The van der Waals surface area contributed by atoms with Gasteiger partial charge in [0.2, 0.25) is 0 Å². The molecule has 42 heavy (non-hydrogen) atoms. The van der Waals surface area contributed by atoms with Crippen LogP contribution in [0, 0.1) is 0 Å². The van der Waals surface area contributed by atoms with Crippen LogP contribution in [-0.2, 0) is 9.47 Å². The Labute approximate surface area is 261 Å². The summed E-state index contributed by atoms with van der Waals surface area (Å²) < 4.78 is 10.6. The molecule has 0 unspecified atom stereocenters. The Morgan fingerprint density at radius 3 is 0.881 bits per heavy atom. The van der Waals surface area contributed by atoms with E-state index in [-0.39, 0.29) is 12.2 Å². The zero-order chi connectivity index (χ0) is 30.6. The summed E-state index contributed by atoms with van der Waals surface area (Å²) in [4.78, 5) is 23.6.